The molecule has 3 aromatic carbocycles. The fourth-order valence-electron chi connectivity index (χ4n) is 4.08. The Labute approximate surface area is 209 Å². The van der Waals surface area contributed by atoms with Gasteiger partial charge in [0.05, 0.1) is 0 Å². The Morgan fingerprint density at radius 2 is 1.57 bits per heavy atom. The largest absolute Gasteiger partial charge is 0.377 e. The van der Waals surface area contributed by atoms with Crippen LogP contribution in [0.5, 0.6) is 0 Å². The minimum atomic E-state index is -0.0940. The van der Waals surface area contributed by atoms with Crippen molar-refractivity contribution in [3.05, 3.63) is 95.1 Å². The van der Waals surface area contributed by atoms with Gasteiger partial charge < -0.3 is 15.1 Å². The molecule has 184 valence electrons. The van der Waals surface area contributed by atoms with Gasteiger partial charge in [-0.05, 0) is 53.8 Å². The summed E-state index contributed by atoms with van der Waals surface area (Å²) < 4.78 is 0. The number of nitrogens with one attached hydrogen (secondary N) is 1. The molecule has 0 radical (unpaired) electrons. The highest BCUT2D eigenvalue weighted by atomic mass is 16.2. The SMILES string of the molecule is Cc1cccc(C(=O)N(Cc2ccccc2)Cc2cc(NC(=O)CC(C)(C)C)ccc2N(C)C)c1. The number of aryl methyl sites for hydroxylation is 1. The first-order chi connectivity index (χ1) is 16.5. The van der Waals surface area contributed by atoms with Crippen molar-refractivity contribution in [3.63, 3.8) is 0 Å². The lowest BCUT2D eigenvalue weighted by molar-refractivity contribution is -0.117. The van der Waals surface area contributed by atoms with E-state index in [-0.39, 0.29) is 17.2 Å². The lowest BCUT2D eigenvalue weighted by atomic mass is 9.92. The smallest absolute Gasteiger partial charge is 0.254 e. The molecule has 35 heavy (non-hydrogen) atoms. The van der Waals surface area contributed by atoms with Gasteiger partial charge in [0.2, 0.25) is 5.91 Å². The van der Waals surface area contributed by atoms with E-state index >= 15 is 0 Å². The van der Waals surface area contributed by atoms with Crippen molar-refractivity contribution in [2.75, 3.05) is 24.3 Å². The van der Waals surface area contributed by atoms with Crippen molar-refractivity contribution in [1.82, 2.24) is 4.90 Å². The Hall–Kier alpha value is -3.60. The molecule has 1 N–H and O–H groups in total. The molecular weight excluding hydrogens is 434 g/mol. The molecule has 3 rings (SSSR count). The molecule has 0 fully saturated rings. The van der Waals surface area contributed by atoms with E-state index in [9.17, 15) is 9.59 Å². The number of hydrogen-bond donors (Lipinski definition) is 1. The van der Waals surface area contributed by atoms with E-state index in [1.165, 1.54) is 0 Å². The van der Waals surface area contributed by atoms with Gasteiger partial charge in [-0.1, -0.05) is 68.8 Å². The maximum Gasteiger partial charge on any atom is 0.254 e. The van der Waals surface area contributed by atoms with Crippen LogP contribution >= 0.6 is 0 Å². The predicted octanol–water partition coefficient (Wildman–Crippen LogP) is 6.28. The van der Waals surface area contributed by atoms with Crippen LogP contribution < -0.4 is 10.2 Å². The van der Waals surface area contributed by atoms with Gasteiger partial charge in [-0.3, -0.25) is 9.59 Å². The van der Waals surface area contributed by atoms with E-state index < -0.39 is 0 Å². The Morgan fingerprint density at radius 1 is 0.857 bits per heavy atom. The molecular formula is C30H37N3O2. The first-order valence-corrected chi connectivity index (χ1v) is 12.0. The number of anilines is 2. The van der Waals surface area contributed by atoms with Gasteiger partial charge in [0.25, 0.3) is 5.91 Å². The molecule has 3 aromatic rings. The van der Waals surface area contributed by atoms with Crippen molar-refractivity contribution in [2.24, 2.45) is 5.41 Å². The molecule has 0 unspecified atom stereocenters. The number of hydrogen-bond acceptors (Lipinski definition) is 3. The quantitative estimate of drug-likeness (QED) is 0.421. The second kappa shape index (κ2) is 11.2. The summed E-state index contributed by atoms with van der Waals surface area (Å²) in [5, 5.41) is 3.04. The summed E-state index contributed by atoms with van der Waals surface area (Å²) in [4.78, 5) is 30.1. The molecule has 5 heteroatoms. The van der Waals surface area contributed by atoms with Crippen LogP contribution in [-0.2, 0) is 17.9 Å². The fraction of sp³-hybridized carbons (Fsp3) is 0.333. The first kappa shape index (κ1) is 26.0. The molecule has 0 saturated carbocycles. The van der Waals surface area contributed by atoms with Crippen molar-refractivity contribution < 1.29 is 9.59 Å². The van der Waals surface area contributed by atoms with E-state index in [0.717, 1.165) is 28.1 Å². The zero-order chi connectivity index (χ0) is 25.6. The molecule has 0 atom stereocenters. The van der Waals surface area contributed by atoms with Gasteiger partial charge in [0.15, 0.2) is 0 Å². The maximum atomic E-state index is 13.6. The summed E-state index contributed by atoms with van der Waals surface area (Å²) in [5.74, 6) is -0.0394. The number of carbonyl (C=O) groups is 2. The number of carbonyl (C=O) groups excluding carboxylic acids is 2. The van der Waals surface area contributed by atoms with Crippen LogP contribution in [0.1, 0.15) is 54.2 Å². The van der Waals surface area contributed by atoms with Crippen LogP contribution in [0.4, 0.5) is 11.4 Å². The molecule has 0 aliphatic rings. The second-order valence-electron chi connectivity index (χ2n) is 10.5. The molecule has 2 amide bonds. The molecule has 0 saturated heterocycles. The van der Waals surface area contributed by atoms with Crippen molar-refractivity contribution >= 4 is 23.2 Å². The average molecular weight is 472 g/mol. The van der Waals surface area contributed by atoms with E-state index in [1.807, 2.05) is 124 Å². The highest BCUT2D eigenvalue weighted by Gasteiger charge is 2.20. The average Bonchev–Trinajstić information content (AvgIpc) is 2.77. The third kappa shape index (κ3) is 7.71. The first-order valence-electron chi connectivity index (χ1n) is 12.0. The molecule has 5 nitrogen and oxygen atoms in total. The van der Waals surface area contributed by atoms with E-state index in [4.69, 9.17) is 0 Å². The summed E-state index contributed by atoms with van der Waals surface area (Å²) in [7, 11) is 3.97. The highest BCUT2D eigenvalue weighted by molar-refractivity contribution is 5.94. The maximum absolute atomic E-state index is 13.6. The molecule has 0 aliphatic heterocycles. The zero-order valence-electron chi connectivity index (χ0n) is 21.8. The Bertz CT molecular complexity index is 1160. The topological polar surface area (TPSA) is 52.7 Å². The van der Waals surface area contributed by atoms with Crippen molar-refractivity contribution in [2.45, 2.75) is 47.2 Å². The van der Waals surface area contributed by atoms with E-state index in [0.29, 0.717) is 25.1 Å². The van der Waals surface area contributed by atoms with Gasteiger partial charge in [0, 0.05) is 50.5 Å². The monoisotopic (exact) mass is 471 g/mol. The lowest BCUT2D eigenvalue weighted by Crippen LogP contribution is -2.31. The predicted molar refractivity (Wildman–Crippen MR) is 145 cm³/mol. The third-order valence-electron chi connectivity index (χ3n) is 5.67. The standard InChI is InChI=1S/C30H37N3O2/c1-22-11-10-14-24(17-22)29(35)33(20-23-12-8-7-9-13-23)21-25-18-26(15-16-27(25)32(5)6)31-28(34)19-30(2,3)4/h7-18H,19-21H2,1-6H3,(H,31,34). The third-order valence-corrected chi connectivity index (χ3v) is 5.67. The fourth-order valence-corrected chi connectivity index (χ4v) is 4.08. The molecule has 0 aliphatic carbocycles. The highest BCUT2D eigenvalue weighted by Crippen LogP contribution is 2.27. The molecule has 0 heterocycles. The van der Waals surface area contributed by atoms with Crippen LogP contribution in [0.3, 0.4) is 0 Å². The molecule has 0 aromatic heterocycles. The van der Waals surface area contributed by atoms with Gasteiger partial charge in [-0.15, -0.1) is 0 Å². The summed E-state index contributed by atoms with van der Waals surface area (Å²) >= 11 is 0. The van der Waals surface area contributed by atoms with Crippen LogP contribution in [0.15, 0.2) is 72.8 Å². The minimum Gasteiger partial charge on any atom is -0.377 e. The zero-order valence-corrected chi connectivity index (χ0v) is 21.8. The van der Waals surface area contributed by atoms with Gasteiger partial charge in [-0.25, -0.2) is 0 Å². The Morgan fingerprint density at radius 3 is 2.20 bits per heavy atom. The van der Waals surface area contributed by atoms with E-state index in [1.54, 1.807) is 0 Å². The molecule has 0 bridgehead atoms. The van der Waals surface area contributed by atoms with Crippen LogP contribution in [0.2, 0.25) is 0 Å². The number of rotatable bonds is 8. The summed E-state index contributed by atoms with van der Waals surface area (Å²) in [5.41, 5.74) is 5.41. The van der Waals surface area contributed by atoms with Gasteiger partial charge >= 0.3 is 0 Å². The Kier molecular flexibility index (Phi) is 8.34. The number of benzene rings is 3. The summed E-state index contributed by atoms with van der Waals surface area (Å²) in [6.45, 7) is 9.04. The van der Waals surface area contributed by atoms with Crippen molar-refractivity contribution in [3.8, 4) is 0 Å². The molecule has 0 spiro atoms. The van der Waals surface area contributed by atoms with Crippen LogP contribution in [0, 0.1) is 12.3 Å². The van der Waals surface area contributed by atoms with Crippen LogP contribution in [-0.4, -0.2) is 30.8 Å². The summed E-state index contributed by atoms with van der Waals surface area (Å²) in [6.07, 6.45) is 0.434. The summed E-state index contributed by atoms with van der Waals surface area (Å²) in [6, 6.07) is 23.6. The normalized spacial score (nSPS) is 11.1. The number of amides is 2. The number of nitrogens with zero attached hydrogens (tertiary/aromatic N) is 2. The minimum absolute atomic E-state index is 0.0157. The van der Waals surface area contributed by atoms with Gasteiger partial charge in [0.1, 0.15) is 0 Å². The van der Waals surface area contributed by atoms with Gasteiger partial charge in [-0.2, -0.15) is 0 Å². The lowest BCUT2D eigenvalue weighted by Gasteiger charge is -2.27. The van der Waals surface area contributed by atoms with Crippen LogP contribution in [0.25, 0.3) is 0 Å². The second-order valence-corrected chi connectivity index (χ2v) is 10.5. The Balaban J connectivity index is 1.95. The van der Waals surface area contributed by atoms with E-state index in [2.05, 4.69) is 5.32 Å². The van der Waals surface area contributed by atoms with Crippen molar-refractivity contribution in [1.29, 1.82) is 0 Å².